The number of fused-ring (bicyclic) bond motifs is 1. The minimum Gasteiger partial charge on any atom is -0.403 e. The van der Waals surface area contributed by atoms with Crippen LogP contribution in [0.2, 0.25) is 0 Å². The molecule has 9 nitrogen and oxygen atoms in total. The molecule has 0 radical (unpaired) electrons. The number of nitrogen functional groups attached to an aromatic ring is 1. The fourth-order valence-electron chi connectivity index (χ4n) is 3.48. The maximum absolute atomic E-state index is 6.13. The molecule has 1 atom stereocenters. The van der Waals surface area contributed by atoms with Gasteiger partial charge in [0.1, 0.15) is 17.5 Å². The van der Waals surface area contributed by atoms with Crippen LogP contribution in [0, 0.1) is 5.92 Å². The Morgan fingerprint density at radius 1 is 1.06 bits per heavy atom. The number of aromatic nitrogens is 3. The maximum Gasteiger partial charge on any atom is 0.133 e. The Morgan fingerprint density at radius 2 is 1.71 bits per heavy atom. The van der Waals surface area contributed by atoms with Gasteiger partial charge in [0.05, 0.1) is 11.4 Å². The van der Waals surface area contributed by atoms with Crippen molar-refractivity contribution in [2.75, 3.05) is 25.1 Å². The van der Waals surface area contributed by atoms with E-state index in [0.29, 0.717) is 34.8 Å². The van der Waals surface area contributed by atoms with Gasteiger partial charge in [-0.2, -0.15) is 0 Å². The van der Waals surface area contributed by atoms with Crippen molar-refractivity contribution in [1.29, 1.82) is 0 Å². The fraction of sp³-hybridized carbons (Fsp3) is 0.400. The van der Waals surface area contributed by atoms with Crippen LogP contribution in [0.15, 0.2) is 42.9 Å². The maximum atomic E-state index is 6.13. The first-order valence-corrected chi connectivity index (χ1v) is 11.7. The number of hydrazine groups is 1. The summed E-state index contributed by atoms with van der Waals surface area (Å²) in [7, 11) is 3.65. The topological polar surface area (TPSA) is 144 Å². The summed E-state index contributed by atoms with van der Waals surface area (Å²) < 4.78 is 0. The lowest BCUT2D eigenvalue weighted by atomic mass is 9.97. The summed E-state index contributed by atoms with van der Waals surface area (Å²) >= 11 is 0. The number of pyridine rings is 3. The third-order valence-electron chi connectivity index (χ3n) is 4.92. The van der Waals surface area contributed by atoms with E-state index in [9.17, 15) is 0 Å². The molecule has 3 aromatic rings. The largest absolute Gasteiger partial charge is 0.403 e. The van der Waals surface area contributed by atoms with E-state index in [4.69, 9.17) is 17.3 Å². The standard InChI is InChI=1S/C21H29N9.2C2H6/c1-12(2)20(25-3)13-5-6-26-18(8-13)29-19-9-14-7-16(17(10-22)30(4)24)28-21(23)15(14)11-27-19;2*1-2/h5-12,20,25H,22,24H2,1-4H3,(H2,23,28)(H,26,27,29);2*1-2H3/b17-10-;;. The van der Waals surface area contributed by atoms with Crippen LogP contribution in [0.3, 0.4) is 0 Å². The summed E-state index contributed by atoms with van der Waals surface area (Å²) in [6.07, 6.45) is 4.88. The second-order valence-corrected chi connectivity index (χ2v) is 7.46. The van der Waals surface area contributed by atoms with Gasteiger partial charge < -0.3 is 27.1 Å². The molecule has 0 aromatic carbocycles. The molecule has 1 unspecified atom stereocenters. The second kappa shape index (κ2) is 14.0. The van der Waals surface area contributed by atoms with Gasteiger partial charge in [0.25, 0.3) is 0 Å². The number of nitrogens with one attached hydrogen (secondary N) is 2. The van der Waals surface area contributed by atoms with Gasteiger partial charge in [0.2, 0.25) is 0 Å². The van der Waals surface area contributed by atoms with E-state index in [-0.39, 0.29) is 6.04 Å². The summed E-state index contributed by atoms with van der Waals surface area (Å²) in [6, 6.07) is 8.05. The Hall–Kier alpha value is -3.43. The highest BCUT2D eigenvalue weighted by atomic mass is 15.4. The molecule has 0 fully saturated rings. The molecule has 3 aromatic heterocycles. The summed E-state index contributed by atoms with van der Waals surface area (Å²) in [5, 5.41) is 9.63. The highest BCUT2D eigenvalue weighted by Crippen LogP contribution is 2.27. The van der Waals surface area contributed by atoms with Crippen LogP contribution in [0.5, 0.6) is 0 Å². The van der Waals surface area contributed by atoms with Gasteiger partial charge in [-0.1, -0.05) is 41.5 Å². The third kappa shape index (κ3) is 7.03. The van der Waals surface area contributed by atoms with Crippen molar-refractivity contribution in [3.63, 3.8) is 0 Å². The number of hydrogen-bond donors (Lipinski definition) is 5. The quantitative estimate of drug-likeness (QED) is 0.252. The number of anilines is 3. The van der Waals surface area contributed by atoms with Crippen LogP contribution in [0.1, 0.15) is 58.8 Å². The van der Waals surface area contributed by atoms with Gasteiger partial charge in [-0.25, -0.2) is 20.8 Å². The molecule has 0 aliphatic heterocycles. The lowest BCUT2D eigenvalue weighted by Crippen LogP contribution is -2.25. The van der Waals surface area contributed by atoms with Crippen LogP contribution >= 0.6 is 0 Å². The average Bonchev–Trinajstić information content (AvgIpc) is 2.82. The number of hydrogen-bond acceptors (Lipinski definition) is 9. The Labute approximate surface area is 203 Å². The predicted molar refractivity (Wildman–Crippen MR) is 145 cm³/mol. The summed E-state index contributed by atoms with van der Waals surface area (Å²) in [5.74, 6) is 8.01. The highest BCUT2D eigenvalue weighted by molar-refractivity contribution is 5.93. The van der Waals surface area contributed by atoms with Crippen molar-refractivity contribution in [3.8, 4) is 0 Å². The minimum atomic E-state index is 0.237. The zero-order valence-corrected chi connectivity index (χ0v) is 21.7. The molecule has 0 saturated heterocycles. The Balaban J connectivity index is 0.00000137. The Bertz CT molecular complexity index is 1060. The van der Waals surface area contributed by atoms with E-state index >= 15 is 0 Å². The highest BCUT2D eigenvalue weighted by Gasteiger charge is 2.15. The van der Waals surface area contributed by atoms with Gasteiger partial charge >= 0.3 is 0 Å². The van der Waals surface area contributed by atoms with Gasteiger partial charge in [0, 0.05) is 37.1 Å². The fourth-order valence-corrected chi connectivity index (χ4v) is 3.48. The third-order valence-corrected chi connectivity index (χ3v) is 4.92. The van der Waals surface area contributed by atoms with Crippen LogP contribution in [-0.2, 0) is 0 Å². The van der Waals surface area contributed by atoms with Crippen LogP contribution in [0.4, 0.5) is 17.5 Å². The molecule has 9 heteroatoms. The minimum absolute atomic E-state index is 0.237. The smallest absolute Gasteiger partial charge is 0.133 e. The van der Waals surface area contributed by atoms with E-state index in [1.165, 1.54) is 11.2 Å². The monoisotopic (exact) mass is 467 g/mol. The molecule has 0 saturated carbocycles. The Kier molecular flexibility index (Phi) is 11.8. The van der Waals surface area contributed by atoms with Crippen molar-refractivity contribution < 1.29 is 0 Å². The van der Waals surface area contributed by atoms with Crippen molar-refractivity contribution in [3.05, 3.63) is 54.1 Å². The van der Waals surface area contributed by atoms with Crippen molar-refractivity contribution in [1.82, 2.24) is 25.3 Å². The normalized spacial score (nSPS) is 11.8. The Morgan fingerprint density at radius 3 is 2.26 bits per heavy atom. The molecule has 186 valence electrons. The van der Waals surface area contributed by atoms with Crippen molar-refractivity contribution in [2.45, 2.75) is 47.6 Å². The molecule has 34 heavy (non-hydrogen) atoms. The van der Waals surface area contributed by atoms with E-state index in [2.05, 4.69) is 39.4 Å². The van der Waals surface area contributed by atoms with E-state index in [1.807, 2.05) is 59.0 Å². The first kappa shape index (κ1) is 28.6. The van der Waals surface area contributed by atoms with E-state index in [0.717, 1.165) is 16.3 Å². The molecular formula is C25H41N9. The van der Waals surface area contributed by atoms with Gasteiger partial charge in [-0.15, -0.1) is 0 Å². The number of rotatable bonds is 7. The molecule has 0 amide bonds. The number of nitrogens with two attached hydrogens (primary N) is 3. The van der Waals surface area contributed by atoms with Crippen LogP contribution in [0.25, 0.3) is 16.5 Å². The lowest BCUT2D eigenvalue weighted by molar-refractivity contribution is 0.443. The van der Waals surface area contributed by atoms with Gasteiger partial charge in [-0.05, 0) is 48.2 Å². The molecule has 8 N–H and O–H groups in total. The zero-order valence-electron chi connectivity index (χ0n) is 21.7. The second-order valence-electron chi connectivity index (χ2n) is 7.46. The average molecular weight is 468 g/mol. The van der Waals surface area contributed by atoms with Gasteiger partial charge in [-0.3, -0.25) is 0 Å². The van der Waals surface area contributed by atoms with Crippen molar-refractivity contribution >= 4 is 33.9 Å². The molecule has 3 rings (SSSR count). The summed E-state index contributed by atoms with van der Waals surface area (Å²) in [5.41, 5.74) is 14.1. The lowest BCUT2D eigenvalue weighted by Gasteiger charge is -2.21. The van der Waals surface area contributed by atoms with Crippen molar-refractivity contribution in [2.24, 2.45) is 17.5 Å². The summed E-state index contributed by atoms with van der Waals surface area (Å²) in [6.45, 7) is 12.4. The number of nitrogens with zero attached hydrogens (tertiary/aromatic N) is 4. The summed E-state index contributed by atoms with van der Waals surface area (Å²) in [4.78, 5) is 13.3. The predicted octanol–water partition coefficient (Wildman–Crippen LogP) is 4.38. The van der Waals surface area contributed by atoms with E-state index in [1.54, 1.807) is 19.4 Å². The molecule has 0 aliphatic carbocycles. The first-order valence-electron chi connectivity index (χ1n) is 11.7. The molecule has 0 aliphatic rings. The molecular weight excluding hydrogens is 426 g/mol. The van der Waals surface area contributed by atoms with Crippen LogP contribution < -0.4 is 27.9 Å². The molecule has 3 heterocycles. The SMILES string of the molecule is CC.CC.CNC(c1ccnc(Nc2cc3cc(/C(=C/N)N(C)N)nc(N)c3cn2)c1)C(C)C. The molecule has 0 bridgehead atoms. The van der Waals surface area contributed by atoms with E-state index < -0.39 is 0 Å². The van der Waals surface area contributed by atoms with Gasteiger partial charge in [0.15, 0.2) is 0 Å². The first-order chi connectivity index (χ1) is 16.3. The van der Waals surface area contributed by atoms with Crippen LogP contribution in [-0.4, -0.2) is 34.1 Å². The zero-order chi connectivity index (χ0) is 25.8. The molecule has 0 spiro atoms.